The first-order valence-corrected chi connectivity index (χ1v) is 6.34. The molecule has 0 unspecified atom stereocenters. The predicted octanol–water partition coefficient (Wildman–Crippen LogP) is 1.27. The maximum Gasteiger partial charge on any atom is 0.198 e. The first-order valence-electron chi connectivity index (χ1n) is 6.34. The number of nitriles is 2. The fourth-order valence-electron chi connectivity index (χ4n) is 2.71. The number of benzene rings is 1. The Morgan fingerprint density at radius 2 is 1.86 bits per heavy atom. The van der Waals surface area contributed by atoms with Gasteiger partial charge in [0.25, 0.3) is 0 Å². The lowest BCUT2D eigenvalue weighted by Gasteiger charge is -2.03. The molecule has 7 heteroatoms. The van der Waals surface area contributed by atoms with Gasteiger partial charge in [0.15, 0.2) is 22.9 Å². The molecule has 0 saturated heterocycles. The Kier molecular flexibility index (Phi) is 2.14. The van der Waals surface area contributed by atoms with E-state index in [-0.39, 0.29) is 34.1 Å². The van der Waals surface area contributed by atoms with Crippen LogP contribution in [0.3, 0.4) is 0 Å². The summed E-state index contributed by atoms with van der Waals surface area (Å²) in [4.78, 5) is 16.9. The number of nitrogens with two attached hydrogens (primary N) is 1. The molecule has 1 aromatic carbocycles. The Bertz CT molecular complexity index is 1080. The number of hydrogen-bond donors (Lipinski definition) is 1. The molecule has 22 heavy (non-hydrogen) atoms. The van der Waals surface area contributed by atoms with Gasteiger partial charge in [0.2, 0.25) is 0 Å². The molecule has 3 aromatic rings. The van der Waals surface area contributed by atoms with Crippen LogP contribution >= 0.6 is 0 Å². The van der Waals surface area contributed by atoms with Crippen molar-refractivity contribution in [2.45, 2.75) is 0 Å². The molecule has 0 fully saturated rings. The topological polar surface area (TPSA) is 121 Å². The number of ketones is 1. The van der Waals surface area contributed by atoms with E-state index in [2.05, 4.69) is 10.1 Å². The van der Waals surface area contributed by atoms with Crippen molar-refractivity contribution in [1.82, 2.24) is 14.6 Å². The summed E-state index contributed by atoms with van der Waals surface area (Å²) >= 11 is 0. The highest BCUT2D eigenvalue weighted by atomic mass is 16.1. The quantitative estimate of drug-likeness (QED) is 0.519. The van der Waals surface area contributed by atoms with Crippen molar-refractivity contribution in [2.75, 3.05) is 5.73 Å². The second kappa shape index (κ2) is 3.90. The van der Waals surface area contributed by atoms with Crippen LogP contribution in [0.25, 0.3) is 16.9 Å². The zero-order valence-corrected chi connectivity index (χ0v) is 11.0. The standard InChI is InChI=1S/C15H6N6O/c16-5-9-14(18)20-21-10(6-17)11-12(19-15(9)21)7-3-1-2-4-8(7)13(11)22/h1-4H,(H2,18,20). The molecule has 1 aliphatic carbocycles. The van der Waals surface area contributed by atoms with Crippen LogP contribution in [0.2, 0.25) is 0 Å². The van der Waals surface area contributed by atoms with Crippen LogP contribution < -0.4 is 5.73 Å². The fraction of sp³-hybridized carbons (Fsp3) is 0. The summed E-state index contributed by atoms with van der Waals surface area (Å²) in [5.41, 5.74) is 7.72. The van der Waals surface area contributed by atoms with Crippen molar-refractivity contribution < 1.29 is 4.79 Å². The van der Waals surface area contributed by atoms with Crippen molar-refractivity contribution in [3.63, 3.8) is 0 Å². The minimum atomic E-state index is -0.274. The maximum atomic E-state index is 12.5. The van der Waals surface area contributed by atoms with Crippen molar-refractivity contribution >= 4 is 17.2 Å². The lowest BCUT2D eigenvalue weighted by Crippen LogP contribution is -2.07. The van der Waals surface area contributed by atoms with E-state index >= 15 is 0 Å². The maximum absolute atomic E-state index is 12.5. The average molecular weight is 286 g/mol. The lowest BCUT2D eigenvalue weighted by molar-refractivity contribution is 0.104. The zero-order chi connectivity index (χ0) is 15.4. The third kappa shape index (κ3) is 1.25. The molecule has 1 aliphatic rings. The van der Waals surface area contributed by atoms with Crippen LogP contribution in [-0.2, 0) is 0 Å². The predicted molar refractivity (Wildman–Crippen MR) is 75.7 cm³/mol. The Labute approximate surface area is 123 Å². The van der Waals surface area contributed by atoms with E-state index in [9.17, 15) is 15.3 Å². The molecular formula is C15H6N6O. The highest BCUT2D eigenvalue weighted by molar-refractivity contribution is 6.22. The van der Waals surface area contributed by atoms with Gasteiger partial charge in [0, 0.05) is 11.1 Å². The normalized spacial score (nSPS) is 11.8. The smallest absolute Gasteiger partial charge is 0.198 e. The molecule has 0 spiro atoms. The summed E-state index contributed by atoms with van der Waals surface area (Å²) in [7, 11) is 0. The number of fused-ring (bicyclic) bond motifs is 4. The largest absolute Gasteiger partial charge is 0.381 e. The number of carbonyl (C=O) groups excluding carboxylic acids is 1. The molecule has 2 heterocycles. The first-order chi connectivity index (χ1) is 10.7. The second-order valence-corrected chi connectivity index (χ2v) is 4.78. The average Bonchev–Trinajstić information content (AvgIpc) is 3.00. The van der Waals surface area contributed by atoms with Crippen molar-refractivity contribution in [3.8, 4) is 23.4 Å². The minimum absolute atomic E-state index is 0.0177. The van der Waals surface area contributed by atoms with Crippen LogP contribution in [0.4, 0.5) is 5.82 Å². The van der Waals surface area contributed by atoms with E-state index in [1.165, 1.54) is 0 Å². The third-order valence-electron chi connectivity index (χ3n) is 3.66. The summed E-state index contributed by atoms with van der Waals surface area (Å²) in [5.74, 6) is -0.292. The van der Waals surface area contributed by atoms with Gasteiger partial charge in [0.1, 0.15) is 17.7 Å². The van der Waals surface area contributed by atoms with E-state index in [4.69, 9.17) is 5.73 Å². The number of nitrogen functional groups attached to an aromatic ring is 1. The van der Waals surface area contributed by atoms with E-state index in [0.29, 0.717) is 16.8 Å². The van der Waals surface area contributed by atoms with Crippen LogP contribution in [0.1, 0.15) is 27.2 Å². The molecule has 0 bridgehead atoms. The summed E-state index contributed by atoms with van der Waals surface area (Å²) in [5, 5.41) is 22.6. The van der Waals surface area contributed by atoms with Crippen LogP contribution in [0, 0.1) is 22.7 Å². The lowest BCUT2D eigenvalue weighted by atomic mass is 10.1. The van der Waals surface area contributed by atoms with Gasteiger partial charge in [-0.05, 0) is 0 Å². The monoisotopic (exact) mass is 286 g/mol. The van der Waals surface area contributed by atoms with Gasteiger partial charge in [-0.1, -0.05) is 24.3 Å². The van der Waals surface area contributed by atoms with Crippen LogP contribution in [-0.4, -0.2) is 20.4 Å². The fourth-order valence-corrected chi connectivity index (χ4v) is 2.71. The summed E-state index contributed by atoms with van der Waals surface area (Å²) in [6, 6.07) is 10.9. The molecular weight excluding hydrogens is 280 g/mol. The Morgan fingerprint density at radius 3 is 2.55 bits per heavy atom. The molecule has 0 aliphatic heterocycles. The molecule has 102 valence electrons. The van der Waals surface area contributed by atoms with E-state index in [1.54, 1.807) is 24.3 Å². The molecule has 7 nitrogen and oxygen atoms in total. The van der Waals surface area contributed by atoms with Crippen LogP contribution in [0.5, 0.6) is 0 Å². The molecule has 2 N–H and O–H groups in total. The summed E-state index contributed by atoms with van der Waals surface area (Å²) in [6.07, 6.45) is 0. The van der Waals surface area contributed by atoms with Crippen molar-refractivity contribution in [2.24, 2.45) is 0 Å². The van der Waals surface area contributed by atoms with Crippen molar-refractivity contribution in [1.29, 1.82) is 10.5 Å². The van der Waals surface area contributed by atoms with Gasteiger partial charge in [-0.3, -0.25) is 4.79 Å². The molecule has 0 atom stereocenters. The molecule has 0 amide bonds. The van der Waals surface area contributed by atoms with E-state index in [1.807, 2.05) is 12.1 Å². The van der Waals surface area contributed by atoms with Gasteiger partial charge >= 0.3 is 0 Å². The number of rotatable bonds is 0. The highest BCUT2D eigenvalue weighted by Crippen LogP contribution is 2.37. The number of hydrogen-bond acceptors (Lipinski definition) is 6. The molecule has 0 radical (unpaired) electrons. The Morgan fingerprint density at radius 1 is 1.14 bits per heavy atom. The van der Waals surface area contributed by atoms with E-state index in [0.717, 1.165) is 4.52 Å². The minimum Gasteiger partial charge on any atom is -0.381 e. The first kappa shape index (κ1) is 12.1. The molecule has 2 aromatic heterocycles. The Hall–Kier alpha value is -3.71. The number of anilines is 1. The Balaban J connectivity index is 2.24. The third-order valence-corrected chi connectivity index (χ3v) is 3.66. The molecule has 4 rings (SSSR count). The van der Waals surface area contributed by atoms with Gasteiger partial charge in [-0.25, -0.2) is 9.50 Å². The van der Waals surface area contributed by atoms with Gasteiger partial charge < -0.3 is 5.73 Å². The molecule has 0 saturated carbocycles. The van der Waals surface area contributed by atoms with Gasteiger partial charge in [-0.15, -0.1) is 5.10 Å². The summed E-state index contributed by atoms with van der Waals surface area (Å²) < 4.78 is 1.16. The SMILES string of the molecule is N#Cc1c(N)nn2c(C#N)c3c(nc12)-c1ccccc1C3=O. The van der Waals surface area contributed by atoms with Crippen molar-refractivity contribution in [3.05, 3.63) is 46.6 Å². The number of carbonyl (C=O) groups is 1. The van der Waals surface area contributed by atoms with E-state index < -0.39 is 0 Å². The van der Waals surface area contributed by atoms with Crippen LogP contribution in [0.15, 0.2) is 24.3 Å². The number of nitrogens with zero attached hydrogens (tertiary/aromatic N) is 5. The highest BCUT2D eigenvalue weighted by Gasteiger charge is 2.33. The zero-order valence-electron chi connectivity index (χ0n) is 11.0. The van der Waals surface area contributed by atoms with Gasteiger partial charge in [0.05, 0.1) is 11.3 Å². The second-order valence-electron chi connectivity index (χ2n) is 4.78. The number of aromatic nitrogens is 3. The van der Waals surface area contributed by atoms with Gasteiger partial charge in [-0.2, -0.15) is 10.5 Å². The summed E-state index contributed by atoms with van der Waals surface area (Å²) in [6.45, 7) is 0.